The predicted molar refractivity (Wildman–Crippen MR) is 67.5 cm³/mol. The topological polar surface area (TPSA) is 63.1 Å². The molecule has 2 rings (SSSR count). The van der Waals surface area contributed by atoms with Gasteiger partial charge in [0.2, 0.25) is 0 Å². The van der Waals surface area contributed by atoms with E-state index >= 15 is 0 Å². The summed E-state index contributed by atoms with van der Waals surface area (Å²) < 4.78 is 12.7. The minimum absolute atomic E-state index is 0.0869. The van der Waals surface area contributed by atoms with Crippen molar-refractivity contribution in [1.82, 2.24) is 9.97 Å². The number of carboxylic acid groups (broad SMARTS) is 1. The van der Waals surface area contributed by atoms with Crippen LogP contribution in [0.4, 0.5) is 4.39 Å². The second-order valence-electron chi connectivity index (χ2n) is 3.98. The molecule has 0 saturated heterocycles. The number of rotatable bonds is 4. The van der Waals surface area contributed by atoms with Gasteiger partial charge in [-0.2, -0.15) is 0 Å². The van der Waals surface area contributed by atoms with Gasteiger partial charge in [-0.3, -0.25) is 4.79 Å². The average Bonchev–Trinajstić information content (AvgIpc) is 2.39. The summed E-state index contributed by atoms with van der Waals surface area (Å²) in [5, 5.41) is 9.79. The van der Waals surface area contributed by atoms with Gasteiger partial charge in [-0.05, 0) is 24.1 Å². The van der Waals surface area contributed by atoms with Gasteiger partial charge in [-0.15, -0.1) is 0 Å². The average molecular weight is 281 g/mol. The van der Waals surface area contributed by atoms with E-state index in [1.54, 1.807) is 24.3 Å². The molecule has 0 saturated carbocycles. The fourth-order valence-electron chi connectivity index (χ4n) is 1.65. The number of carbonyl (C=O) groups is 1. The molecule has 1 heterocycles. The lowest BCUT2D eigenvalue weighted by molar-refractivity contribution is -0.139. The number of aliphatic carboxylic acids is 1. The minimum atomic E-state index is -1.05. The van der Waals surface area contributed by atoms with Crippen LogP contribution in [-0.4, -0.2) is 21.0 Å². The van der Waals surface area contributed by atoms with Crippen LogP contribution < -0.4 is 0 Å². The number of carboxylic acids is 1. The maximum atomic E-state index is 12.7. The van der Waals surface area contributed by atoms with E-state index in [-0.39, 0.29) is 12.2 Å². The summed E-state index contributed by atoms with van der Waals surface area (Å²) in [4.78, 5) is 18.7. The minimum Gasteiger partial charge on any atom is -0.481 e. The fourth-order valence-corrected chi connectivity index (χ4v) is 1.77. The van der Waals surface area contributed by atoms with Gasteiger partial charge in [0.15, 0.2) is 5.82 Å². The number of hydrogen-bond donors (Lipinski definition) is 1. The highest BCUT2D eigenvalue weighted by Gasteiger charge is 2.23. The lowest BCUT2D eigenvalue weighted by atomic mass is 9.98. The summed E-state index contributed by atoms with van der Waals surface area (Å²) in [6.07, 6.45) is 2.14. The van der Waals surface area contributed by atoms with Gasteiger partial charge in [0.05, 0.1) is 12.4 Å². The molecule has 0 aliphatic rings. The van der Waals surface area contributed by atoms with Crippen molar-refractivity contribution in [3.63, 3.8) is 0 Å². The largest absolute Gasteiger partial charge is 0.481 e. The zero-order valence-electron chi connectivity index (χ0n) is 9.75. The van der Waals surface area contributed by atoms with Crippen molar-refractivity contribution < 1.29 is 14.3 Å². The second kappa shape index (κ2) is 5.75. The van der Waals surface area contributed by atoms with E-state index in [2.05, 4.69) is 9.97 Å². The van der Waals surface area contributed by atoms with Crippen LogP contribution in [0.1, 0.15) is 17.3 Å². The van der Waals surface area contributed by atoms with Gasteiger partial charge in [-0.1, -0.05) is 23.7 Å². The van der Waals surface area contributed by atoms with Gasteiger partial charge in [0.25, 0.3) is 0 Å². The van der Waals surface area contributed by atoms with Crippen LogP contribution >= 0.6 is 11.6 Å². The number of benzene rings is 1. The monoisotopic (exact) mass is 280 g/mol. The SMILES string of the molecule is O=C(O)C(Cc1ccc(Cl)cc1)c1ncc(F)cn1. The maximum Gasteiger partial charge on any atom is 0.314 e. The Labute approximate surface area is 113 Å². The van der Waals surface area contributed by atoms with Crippen molar-refractivity contribution >= 4 is 17.6 Å². The molecule has 1 unspecified atom stereocenters. The smallest absolute Gasteiger partial charge is 0.314 e. The molecular weight excluding hydrogens is 271 g/mol. The number of halogens is 2. The third-order valence-electron chi connectivity index (χ3n) is 2.60. The predicted octanol–water partition coefficient (Wildman–Crippen LogP) is 2.68. The Morgan fingerprint density at radius 1 is 1.26 bits per heavy atom. The highest BCUT2D eigenvalue weighted by Crippen LogP contribution is 2.19. The molecule has 0 aliphatic carbocycles. The number of nitrogens with zero attached hydrogens (tertiary/aromatic N) is 2. The molecule has 0 fully saturated rings. The van der Waals surface area contributed by atoms with Crippen LogP contribution in [0.25, 0.3) is 0 Å². The number of hydrogen-bond acceptors (Lipinski definition) is 3. The molecule has 1 N–H and O–H groups in total. The van der Waals surface area contributed by atoms with Crippen molar-refractivity contribution in [2.24, 2.45) is 0 Å². The quantitative estimate of drug-likeness (QED) is 0.935. The van der Waals surface area contributed by atoms with Crippen LogP contribution in [-0.2, 0) is 11.2 Å². The molecule has 0 bridgehead atoms. The standard InChI is InChI=1S/C13H10ClFN2O2/c14-9-3-1-8(2-4-9)5-11(13(18)19)12-16-6-10(15)7-17-12/h1-4,6-7,11H,5H2,(H,18,19). The summed E-state index contributed by atoms with van der Waals surface area (Å²) in [5.74, 6) is -2.48. The summed E-state index contributed by atoms with van der Waals surface area (Å²) in [6, 6.07) is 6.84. The van der Waals surface area contributed by atoms with Crippen molar-refractivity contribution in [3.05, 3.63) is 58.9 Å². The third-order valence-corrected chi connectivity index (χ3v) is 2.86. The first kappa shape index (κ1) is 13.4. The lowest BCUT2D eigenvalue weighted by Crippen LogP contribution is -2.17. The molecule has 0 spiro atoms. The van der Waals surface area contributed by atoms with Gasteiger partial charge < -0.3 is 5.11 Å². The highest BCUT2D eigenvalue weighted by molar-refractivity contribution is 6.30. The molecule has 0 amide bonds. The Kier molecular flexibility index (Phi) is 4.06. The number of aromatic nitrogens is 2. The summed E-state index contributed by atoms with van der Waals surface area (Å²) in [6.45, 7) is 0. The van der Waals surface area contributed by atoms with E-state index < -0.39 is 17.7 Å². The maximum absolute atomic E-state index is 12.7. The Hall–Kier alpha value is -2.01. The molecule has 0 aliphatic heterocycles. The Balaban J connectivity index is 2.23. The van der Waals surface area contributed by atoms with E-state index in [4.69, 9.17) is 11.6 Å². The molecular formula is C13H10ClFN2O2. The van der Waals surface area contributed by atoms with E-state index in [0.29, 0.717) is 5.02 Å². The van der Waals surface area contributed by atoms with Crippen LogP contribution in [0.5, 0.6) is 0 Å². The summed E-state index contributed by atoms with van der Waals surface area (Å²) >= 11 is 5.76. The first-order chi connectivity index (χ1) is 9.06. The van der Waals surface area contributed by atoms with Crippen LogP contribution in [0, 0.1) is 5.82 Å². The molecule has 0 radical (unpaired) electrons. The van der Waals surface area contributed by atoms with Crippen molar-refractivity contribution in [1.29, 1.82) is 0 Å². The molecule has 19 heavy (non-hydrogen) atoms. The molecule has 1 aromatic carbocycles. The summed E-state index contributed by atoms with van der Waals surface area (Å²) in [5.41, 5.74) is 0.796. The van der Waals surface area contributed by atoms with Crippen molar-refractivity contribution in [3.8, 4) is 0 Å². The van der Waals surface area contributed by atoms with Gasteiger partial charge in [0, 0.05) is 5.02 Å². The van der Waals surface area contributed by atoms with Crippen LogP contribution in [0.2, 0.25) is 5.02 Å². The second-order valence-corrected chi connectivity index (χ2v) is 4.42. The molecule has 4 nitrogen and oxygen atoms in total. The van der Waals surface area contributed by atoms with E-state index in [0.717, 1.165) is 18.0 Å². The molecule has 98 valence electrons. The molecule has 6 heteroatoms. The normalized spacial score (nSPS) is 12.1. The van der Waals surface area contributed by atoms with Gasteiger partial charge in [-0.25, -0.2) is 14.4 Å². The Morgan fingerprint density at radius 3 is 2.37 bits per heavy atom. The highest BCUT2D eigenvalue weighted by atomic mass is 35.5. The zero-order chi connectivity index (χ0) is 13.8. The first-order valence-electron chi connectivity index (χ1n) is 5.51. The fraction of sp³-hybridized carbons (Fsp3) is 0.154. The van der Waals surface area contributed by atoms with Crippen molar-refractivity contribution in [2.45, 2.75) is 12.3 Å². The van der Waals surface area contributed by atoms with Crippen molar-refractivity contribution in [2.75, 3.05) is 0 Å². The van der Waals surface area contributed by atoms with E-state index in [1.165, 1.54) is 0 Å². The van der Waals surface area contributed by atoms with E-state index in [9.17, 15) is 14.3 Å². The molecule has 2 aromatic rings. The first-order valence-corrected chi connectivity index (χ1v) is 5.89. The van der Waals surface area contributed by atoms with E-state index in [1.807, 2.05) is 0 Å². The van der Waals surface area contributed by atoms with Gasteiger partial charge >= 0.3 is 5.97 Å². The summed E-state index contributed by atoms with van der Waals surface area (Å²) in [7, 11) is 0. The third kappa shape index (κ3) is 3.48. The zero-order valence-corrected chi connectivity index (χ0v) is 10.5. The Bertz CT molecular complexity index is 572. The molecule has 1 aromatic heterocycles. The van der Waals surface area contributed by atoms with Crippen LogP contribution in [0.3, 0.4) is 0 Å². The van der Waals surface area contributed by atoms with Crippen LogP contribution in [0.15, 0.2) is 36.7 Å². The Morgan fingerprint density at radius 2 is 1.84 bits per heavy atom. The lowest BCUT2D eigenvalue weighted by Gasteiger charge is -2.10. The molecule has 1 atom stereocenters. The van der Waals surface area contributed by atoms with Gasteiger partial charge in [0.1, 0.15) is 11.7 Å².